The Morgan fingerprint density at radius 3 is 3.00 bits per heavy atom. The van der Waals surface area contributed by atoms with E-state index in [0.717, 1.165) is 0 Å². The van der Waals surface area contributed by atoms with Crippen molar-refractivity contribution >= 4 is 17.0 Å². The molecule has 1 amide bonds. The number of H-pyrrole nitrogens is 1. The third-order valence-corrected chi connectivity index (χ3v) is 2.41. The molecule has 1 heterocycles. The monoisotopic (exact) mass is 236 g/mol. The van der Waals surface area contributed by atoms with Gasteiger partial charge < -0.3 is 14.8 Å². The lowest BCUT2D eigenvalue weighted by Gasteiger charge is -2.15. The Hall–Kier alpha value is -2.08. The fourth-order valence-electron chi connectivity index (χ4n) is 1.66. The highest BCUT2D eigenvalue weighted by Crippen LogP contribution is 2.18. The summed E-state index contributed by atoms with van der Waals surface area (Å²) in [5.41, 5.74) is 1.66. The van der Waals surface area contributed by atoms with Gasteiger partial charge in [-0.05, 0) is 17.7 Å². The normalized spacial score (nSPS) is 12.6. The lowest BCUT2D eigenvalue weighted by Crippen LogP contribution is -2.28. The largest absolute Gasteiger partial charge is 0.417 e. The van der Waals surface area contributed by atoms with Gasteiger partial charge in [0.25, 0.3) is 0 Å². The molecule has 0 aliphatic carbocycles. The zero-order valence-corrected chi connectivity index (χ0v) is 9.19. The molecule has 3 N–H and O–H groups in total. The van der Waals surface area contributed by atoms with Crippen molar-refractivity contribution in [2.45, 2.75) is 13.0 Å². The number of aromatic nitrogens is 1. The molecule has 0 fully saturated rings. The van der Waals surface area contributed by atoms with Crippen molar-refractivity contribution in [3.05, 3.63) is 34.3 Å². The fourth-order valence-corrected chi connectivity index (χ4v) is 1.66. The minimum absolute atomic E-state index is 0.222. The van der Waals surface area contributed by atoms with Gasteiger partial charge in [0.1, 0.15) is 0 Å². The van der Waals surface area contributed by atoms with Crippen molar-refractivity contribution in [3.63, 3.8) is 0 Å². The zero-order chi connectivity index (χ0) is 12.4. The summed E-state index contributed by atoms with van der Waals surface area (Å²) in [4.78, 5) is 24.4. The molecule has 2 rings (SSSR count). The molecule has 1 aromatic heterocycles. The summed E-state index contributed by atoms with van der Waals surface area (Å²) in [6, 6.07) is 4.49. The average Bonchev–Trinajstić information content (AvgIpc) is 2.64. The van der Waals surface area contributed by atoms with Crippen LogP contribution in [0.25, 0.3) is 11.1 Å². The average molecular weight is 236 g/mol. The van der Waals surface area contributed by atoms with Crippen molar-refractivity contribution < 1.29 is 14.3 Å². The molecule has 0 saturated carbocycles. The predicted octanol–water partition coefficient (Wildman–Crippen LogP) is 0.291. The summed E-state index contributed by atoms with van der Waals surface area (Å²) < 4.78 is 4.90. The molecule has 1 aromatic carbocycles. The summed E-state index contributed by atoms with van der Waals surface area (Å²) in [5.74, 6) is -0.767. The number of hydrogen-bond acceptors (Lipinski definition) is 4. The highest BCUT2D eigenvalue weighted by molar-refractivity contribution is 5.75. The van der Waals surface area contributed by atoms with Crippen LogP contribution in [0.5, 0.6) is 0 Å². The van der Waals surface area contributed by atoms with Gasteiger partial charge in [-0.3, -0.25) is 9.78 Å². The van der Waals surface area contributed by atoms with Crippen molar-refractivity contribution in [3.8, 4) is 0 Å². The molecule has 90 valence electrons. The lowest BCUT2D eigenvalue weighted by atomic mass is 10.1. The number of amides is 1. The Labute approximate surface area is 96.3 Å². The van der Waals surface area contributed by atoms with Crippen LogP contribution in [0.4, 0.5) is 0 Å². The second-order valence-corrected chi connectivity index (χ2v) is 3.71. The molecule has 6 nitrogen and oxygen atoms in total. The third kappa shape index (κ3) is 2.36. The highest BCUT2D eigenvalue weighted by atomic mass is 16.4. The van der Waals surface area contributed by atoms with E-state index in [0.29, 0.717) is 16.7 Å². The molecule has 0 aliphatic heterocycles. The molecular formula is C11H12N2O4. The first-order valence-corrected chi connectivity index (χ1v) is 5.11. The number of oxazole rings is 1. The number of nitrogens with one attached hydrogen (secondary N) is 2. The summed E-state index contributed by atoms with van der Waals surface area (Å²) in [5, 5.41) is 11.8. The van der Waals surface area contributed by atoms with Gasteiger partial charge in [-0.2, -0.15) is 0 Å². The lowest BCUT2D eigenvalue weighted by molar-refractivity contribution is -0.120. The van der Waals surface area contributed by atoms with Gasteiger partial charge in [0.2, 0.25) is 5.91 Å². The second kappa shape index (κ2) is 4.42. The van der Waals surface area contributed by atoms with Gasteiger partial charge in [-0.1, -0.05) is 6.07 Å². The van der Waals surface area contributed by atoms with E-state index < -0.39 is 11.8 Å². The van der Waals surface area contributed by atoms with Gasteiger partial charge >= 0.3 is 5.76 Å². The first-order chi connectivity index (χ1) is 8.10. The van der Waals surface area contributed by atoms with Crippen LogP contribution >= 0.6 is 0 Å². The molecule has 0 saturated heterocycles. The van der Waals surface area contributed by atoms with Crippen molar-refractivity contribution in [1.29, 1.82) is 0 Å². The SMILES string of the molecule is CC(=O)NC(CO)c1ccc2[nH]c(=O)oc2c1. The Bertz CT molecular complexity index is 599. The van der Waals surface area contributed by atoms with E-state index in [9.17, 15) is 14.7 Å². The number of aliphatic hydroxyl groups is 1. The van der Waals surface area contributed by atoms with Crippen LogP contribution in [0.2, 0.25) is 0 Å². The Kier molecular flexibility index (Phi) is 2.97. The van der Waals surface area contributed by atoms with Gasteiger partial charge in [0.05, 0.1) is 18.2 Å². The van der Waals surface area contributed by atoms with E-state index in [1.54, 1.807) is 18.2 Å². The van der Waals surface area contributed by atoms with Crippen LogP contribution in [0.1, 0.15) is 18.5 Å². The quantitative estimate of drug-likeness (QED) is 0.713. The Morgan fingerprint density at radius 2 is 2.35 bits per heavy atom. The maximum atomic E-state index is 11.0. The number of aliphatic hydroxyl groups excluding tert-OH is 1. The number of aromatic amines is 1. The maximum Gasteiger partial charge on any atom is 0.417 e. The van der Waals surface area contributed by atoms with Crippen molar-refractivity contribution in [1.82, 2.24) is 10.3 Å². The van der Waals surface area contributed by atoms with E-state index in [-0.39, 0.29) is 12.5 Å². The van der Waals surface area contributed by atoms with Crippen LogP contribution in [-0.2, 0) is 4.79 Å². The summed E-state index contributed by atoms with van der Waals surface area (Å²) in [7, 11) is 0. The molecule has 0 radical (unpaired) electrons. The molecule has 2 aromatic rings. The van der Waals surface area contributed by atoms with Crippen molar-refractivity contribution in [2.75, 3.05) is 6.61 Å². The van der Waals surface area contributed by atoms with Crippen LogP contribution < -0.4 is 11.1 Å². The topological polar surface area (TPSA) is 95.3 Å². The predicted molar refractivity (Wildman–Crippen MR) is 60.5 cm³/mol. The van der Waals surface area contributed by atoms with Crippen LogP contribution in [0.3, 0.4) is 0 Å². The highest BCUT2D eigenvalue weighted by Gasteiger charge is 2.13. The minimum atomic E-state index is -0.530. The number of carbonyl (C=O) groups is 1. The van der Waals surface area contributed by atoms with Crippen molar-refractivity contribution in [2.24, 2.45) is 0 Å². The summed E-state index contributed by atoms with van der Waals surface area (Å²) in [6.45, 7) is 1.15. The first-order valence-electron chi connectivity index (χ1n) is 5.11. The van der Waals surface area contributed by atoms with Gasteiger partial charge in [0.15, 0.2) is 5.58 Å². The standard InChI is InChI=1S/C11H12N2O4/c1-6(15)12-9(5-14)7-2-3-8-10(4-7)17-11(16)13-8/h2-4,9,14H,5H2,1H3,(H,12,15)(H,13,16). The van der Waals surface area contributed by atoms with Crippen LogP contribution in [0, 0.1) is 0 Å². The summed E-state index contributed by atoms with van der Waals surface area (Å²) in [6.07, 6.45) is 0. The number of hydrogen-bond donors (Lipinski definition) is 3. The molecule has 17 heavy (non-hydrogen) atoms. The van der Waals surface area contributed by atoms with Gasteiger partial charge in [-0.25, -0.2) is 4.79 Å². The van der Waals surface area contributed by atoms with E-state index in [1.807, 2.05) is 0 Å². The molecule has 1 atom stereocenters. The van der Waals surface area contributed by atoms with Gasteiger partial charge in [0, 0.05) is 6.92 Å². The number of fused-ring (bicyclic) bond motifs is 1. The first kappa shape index (κ1) is 11.4. The van der Waals surface area contributed by atoms with E-state index in [2.05, 4.69) is 10.3 Å². The Balaban J connectivity index is 2.39. The molecule has 0 bridgehead atoms. The third-order valence-electron chi connectivity index (χ3n) is 2.41. The van der Waals surface area contributed by atoms with E-state index in [4.69, 9.17) is 4.42 Å². The van der Waals surface area contributed by atoms with E-state index >= 15 is 0 Å². The second-order valence-electron chi connectivity index (χ2n) is 3.71. The number of rotatable bonds is 3. The molecule has 0 aliphatic rings. The number of benzene rings is 1. The number of carbonyl (C=O) groups excluding carboxylic acids is 1. The summed E-state index contributed by atoms with van der Waals surface area (Å²) >= 11 is 0. The maximum absolute atomic E-state index is 11.0. The van der Waals surface area contributed by atoms with Gasteiger partial charge in [-0.15, -0.1) is 0 Å². The minimum Gasteiger partial charge on any atom is -0.408 e. The Morgan fingerprint density at radius 1 is 1.59 bits per heavy atom. The molecule has 6 heteroatoms. The fraction of sp³-hybridized carbons (Fsp3) is 0.273. The van der Waals surface area contributed by atoms with Crippen LogP contribution in [0.15, 0.2) is 27.4 Å². The smallest absolute Gasteiger partial charge is 0.408 e. The van der Waals surface area contributed by atoms with Crippen LogP contribution in [-0.4, -0.2) is 22.6 Å². The zero-order valence-electron chi connectivity index (χ0n) is 9.19. The molecular weight excluding hydrogens is 224 g/mol. The molecule has 0 spiro atoms. The van der Waals surface area contributed by atoms with E-state index in [1.165, 1.54) is 6.92 Å². The molecule has 1 unspecified atom stereocenters.